The number of hydrogen-bond acceptors (Lipinski definition) is 2. The van der Waals surface area contributed by atoms with Crippen molar-refractivity contribution in [2.45, 2.75) is 53.5 Å². The number of nitrogens with two attached hydrogens (primary N) is 1. The van der Waals surface area contributed by atoms with Crippen molar-refractivity contribution in [1.29, 1.82) is 0 Å². The number of amides is 2. The Morgan fingerprint density at radius 3 is 2.03 bits per heavy atom. The van der Waals surface area contributed by atoms with Crippen LogP contribution in [0.25, 0.3) is 0 Å². The van der Waals surface area contributed by atoms with Crippen molar-refractivity contribution >= 4 is 34.7 Å². The van der Waals surface area contributed by atoms with E-state index in [9.17, 15) is 4.79 Å². The lowest BCUT2D eigenvalue weighted by molar-refractivity contribution is 0.255. The Morgan fingerprint density at radius 2 is 1.47 bits per heavy atom. The van der Waals surface area contributed by atoms with Crippen LogP contribution in [0, 0.1) is 20.8 Å². The van der Waals surface area contributed by atoms with Crippen LogP contribution in [-0.4, -0.2) is 6.03 Å². The number of urea groups is 1. The number of nitrogen functional groups attached to an aromatic ring is 1. The molecule has 1 atom stereocenters. The van der Waals surface area contributed by atoms with Gasteiger partial charge in [0.25, 0.3) is 0 Å². The third kappa shape index (κ3) is 4.91. The number of aryl methyl sites for hydroxylation is 1. The normalized spacial score (nSPS) is 12.0. The summed E-state index contributed by atoms with van der Waals surface area (Å²) in [6, 6.07) is 17.7. The highest BCUT2D eigenvalue weighted by atomic mass is 35.5. The van der Waals surface area contributed by atoms with Crippen LogP contribution in [0.4, 0.5) is 21.9 Å². The molecular formula is C27H32ClN3O. The predicted octanol–water partition coefficient (Wildman–Crippen LogP) is 7.77. The van der Waals surface area contributed by atoms with Crippen LogP contribution in [-0.2, 0) is 0 Å². The van der Waals surface area contributed by atoms with Gasteiger partial charge in [0.2, 0.25) is 0 Å². The van der Waals surface area contributed by atoms with Crippen LogP contribution in [0.2, 0.25) is 5.02 Å². The van der Waals surface area contributed by atoms with E-state index in [1.165, 1.54) is 11.1 Å². The lowest BCUT2D eigenvalue weighted by Crippen LogP contribution is -2.37. The zero-order chi connectivity index (χ0) is 23.6. The average Bonchev–Trinajstić information content (AvgIpc) is 2.76. The molecule has 0 aliphatic heterocycles. The van der Waals surface area contributed by atoms with Gasteiger partial charge in [-0.25, -0.2) is 4.79 Å². The van der Waals surface area contributed by atoms with Gasteiger partial charge < -0.3 is 11.1 Å². The molecule has 32 heavy (non-hydrogen) atoms. The number of carbonyl (C=O) groups excluding carboxylic acids is 1. The molecule has 0 bridgehead atoms. The second-order valence-electron chi connectivity index (χ2n) is 8.71. The lowest BCUT2D eigenvalue weighted by atomic mass is 10.0. The standard InChI is InChI=1S/C27H32ClN3O/c1-16(2)21-11-13-23(14-12-21)31(20(6)22-9-7-17(3)8-10-22)27(32)30-26-18(4)24(28)15-25(29)19(26)5/h7-16,20H,29H2,1-6H3,(H,30,32)/t20-/m0/s1. The van der Waals surface area contributed by atoms with Gasteiger partial charge in [-0.1, -0.05) is 67.4 Å². The van der Waals surface area contributed by atoms with Gasteiger partial charge in [0.15, 0.2) is 0 Å². The molecule has 3 N–H and O–H groups in total. The summed E-state index contributed by atoms with van der Waals surface area (Å²) in [6.07, 6.45) is 0. The van der Waals surface area contributed by atoms with E-state index >= 15 is 0 Å². The topological polar surface area (TPSA) is 58.4 Å². The number of carbonyl (C=O) groups is 1. The second-order valence-corrected chi connectivity index (χ2v) is 9.11. The Morgan fingerprint density at radius 1 is 0.906 bits per heavy atom. The fourth-order valence-electron chi connectivity index (χ4n) is 3.78. The van der Waals surface area contributed by atoms with Gasteiger partial charge in [-0.3, -0.25) is 4.90 Å². The maximum atomic E-state index is 13.7. The van der Waals surface area contributed by atoms with E-state index in [-0.39, 0.29) is 12.1 Å². The van der Waals surface area contributed by atoms with Crippen LogP contribution in [0.15, 0.2) is 54.6 Å². The van der Waals surface area contributed by atoms with Crippen LogP contribution in [0.3, 0.4) is 0 Å². The highest BCUT2D eigenvalue weighted by Crippen LogP contribution is 2.34. The largest absolute Gasteiger partial charge is 0.398 e. The van der Waals surface area contributed by atoms with E-state index in [0.29, 0.717) is 22.3 Å². The summed E-state index contributed by atoms with van der Waals surface area (Å²) in [5.41, 5.74) is 13.2. The Labute approximate surface area is 196 Å². The molecule has 3 rings (SSSR count). The number of hydrogen-bond donors (Lipinski definition) is 2. The zero-order valence-electron chi connectivity index (χ0n) is 19.7. The number of anilines is 3. The zero-order valence-corrected chi connectivity index (χ0v) is 20.4. The minimum atomic E-state index is -0.233. The SMILES string of the molecule is Cc1ccc([C@H](C)N(C(=O)Nc2c(C)c(N)cc(Cl)c2C)c2ccc(C(C)C)cc2)cc1. The molecule has 0 unspecified atom stereocenters. The predicted molar refractivity (Wildman–Crippen MR) is 137 cm³/mol. The second kappa shape index (κ2) is 9.66. The Balaban J connectivity index is 2.04. The van der Waals surface area contributed by atoms with Gasteiger partial charge in [-0.2, -0.15) is 0 Å². The molecule has 2 amide bonds. The van der Waals surface area contributed by atoms with Crippen LogP contribution >= 0.6 is 11.6 Å². The average molecular weight is 450 g/mol. The summed E-state index contributed by atoms with van der Waals surface area (Å²) < 4.78 is 0. The van der Waals surface area contributed by atoms with Crippen LogP contribution < -0.4 is 16.0 Å². The Kier molecular flexibility index (Phi) is 7.15. The molecule has 0 saturated heterocycles. The summed E-state index contributed by atoms with van der Waals surface area (Å²) in [4.78, 5) is 15.5. The van der Waals surface area contributed by atoms with Crippen molar-refractivity contribution in [2.24, 2.45) is 0 Å². The first kappa shape index (κ1) is 23.7. The number of nitrogens with one attached hydrogen (secondary N) is 1. The first-order chi connectivity index (χ1) is 15.1. The first-order valence-corrected chi connectivity index (χ1v) is 11.3. The minimum Gasteiger partial charge on any atom is -0.398 e. The van der Waals surface area contributed by atoms with E-state index in [1.54, 1.807) is 11.0 Å². The third-order valence-electron chi connectivity index (χ3n) is 6.06. The summed E-state index contributed by atoms with van der Waals surface area (Å²) in [6.45, 7) is 12.2. The maximum Gasteiger partial charge on any atom is 0.326 e. The van der Waals surface area contributed by atoms with Gasteiger partial charge >= 0.3 is 6.03 Å². The van der Waals surface area contributed by atoms with E-state index in [4.69, 9.17) is 17.3 Å². The minimum absolute atomic E-state index is 0.183. The number of rotatable bonds is 5. The molecular weight excluding hydrogens is 418 g/mol. The fraction of sp³-hybridized carbons (Fsp3) is 0.296. The van der Waals surface area contributed by atoms with Crippen molar-refractivity contribution in [3.05, 3.63) is 87.4 Å². The van der Waals surface area contributed by atoms with Crippen molar-refractivity contribution in [1.82, 2.24) is 0 Å². The molecule has 0 radical (unpaired) electrons. The molecule has 168 valence electrons. The maximum absolute atomic E-state index is 13.7. The van der Waals surface area contributed by atoms with Gasteiger partial charge in [-0.05, 0) is 74.1 Å². The fourth-order valence-corrected chi connectivity index (χ4v) is 4.00. The van der Waals surface area contributed by atoms with Crippen LogP contribution in [0.5, 0.6) is 0 Å². The molecule has 4 nitrogen and oxygen atoms in total. The van der Waals surface area contributed by atoms with E-state index in [0.717, 1.165) is 22.4 Å². The van der Waals surface area contributed by atoms with E-state index < -0.39 is 0 Å². The first-order valence-electron chi connectivity index (χ1n) is 10.9. The number of halogens is 1. The molecule has 0 fully saturated rings. The van der Waals surface area contributed by atoms with Gasteiger partial charge in [0, 0.05) is 16.4 Å². The molecule has 3 aromatic rings. The monoisotopic (exact) mass is 449 g/mol. The smallest absolute Gasteiger partial charge is 0.326 e. The Bertz CT molecular complexity index is 1080. The third-order valence-corrected chi connectivity index (χ3v) is 6.45. The summed E-state index contributed by atoms with van der Waals surface area (Å²) >= 11 is 6.35. The van der Waals surface area contributed by atoms with E-state index in [2.05, 4.69) is 62.5 Å². The molecule has 0 aliphatic carbocycles. The molecule has 0 heterocycles. The highest BCUT2D eigenvalue weighted by molar-refractivity contribution is 6.32. The summed E-state index contributed by atoms with van der Waals surface area (Å²) in [5, 5.41) is 3.61. The summed E-state index contributed by atoms with van der Waals surface area (Å²) in [5.74, 6) is 0.417. The molecule has 3 aromatic carbocycles. The lowest BCUT2D eigenvalue weighted by Gasteiger charge is -2.31. The number of nitrogens with zero attached hydrogens (tertiary/aromatic N) is 1. The van der Waals surface area contributed by atoms with Crippen molar-refractivity contribution in [2.75, 3.05) is 16.0 Å². The molecule has 0 saturated carbocycles. The van der Waals surface area contributed by atoms with Crippen LogP contribution in [0.1, 0.15) is 60.5 Å². The van der Waals surface area contributed by atoms with Crippen molar-refractivity contribution < 1.29 is 4.79 Å². The van der Waals surface area contributed by atoms with Crippen molar-refractivity contribution in [3.63, 3.8) is 0 Å². The van der Waals surface area contributed by atoms with Gasteiger partial charge in [0.05, 0.1) is 11.7 Å². The van der Waals surface area contributed by atoms with Gasteiger partial charge in [0.1, 0.15) is 0 Å². The number of benzene rings is 3. The quantitative estimate of drug-likeness (QED) is 0.391. The molecule has 0 aliphatic rings. The summed E-state index contributed by atoms with van der Waals surface area (Å²) in [7, 11) is 0. The van der Waals surface area contributed by atoms with Crippen molar-refractivity contribution in [3.8, 4) is 0 Å². The van der Waals surface area contributed by atoms with E-state index in [1.807, 2.05) is 32.9 Å². The molecule has 0 spiro atoms. The highest BCUT2D eigenvalue weighted by Gasteiger charge is 2.25. The Hall–Kier alpha value is -2.98. The molecule has 0 aromatic heterocycles. The van der Waals surface area contributed by atoms with Gasteiger partial charge in [-0.15, -0.1) is 0 Å². The molecule has 5 heteroatoms.